The van der Waals surface area contributed by atoms with Crippen molar-refractivity contribution in [3.63, 3.8) is 0 Å². The van der Waals surface area contributed by atoms with Gasteiger partial charge in [-0.05, 0) is 38.5 Å². The van der Waals surface area contributed by atoms with E-state index in [9.17, 15) is 13.2 Å². The molecule has 0 aliphatic heterocycles. The fourth-order valence-electron chi connectivity index (χ4n) is 1.32. The van der Waals surface area contributed by atoms with Crippen molar-refractivity contribution in [2.24, 2.45) is 5.14 Å². The number of nitrogens with one attached hydrogen (secondary N) is 1. The van der Waals surface area contributed by atoms with Crippen molar-refractivity contribution >= 4 is 33.7 Å². The van der Waals surface area contributed by atoms with Crippen molar-refractivity contribution in [3.8, 4) is 0 Å². The summed E-state index contributed by atoms with van der Waals surface area (Å²) in [5.41, 5.74) is 0.103. The van der Waals surface area contributed by atoms with Crippen molar-refractivity contribution in [2.75, 3.05) is 5.32 Å². The van der Waals surface area contributed by atoms with Crippen LogP contribution in [0.4, 0.5) is 10.5 Å². The Bertz CT molecular complexity index is 625. The zero-order valence-corrected chi connectivity index (χ0v) is 13.4. The standard InChI is InChI=1S/C12H17ClN2O5S/c1-12(2,3)20-11(16)15-10-6-8(4-5-9(10)13)7-19-21(14,17)18/h4-6H,7H2,1-3H3,(H,15,16)(H2,14,17,18). The van der Waals surface area contributed by atoms with Crippen LogP contribution in [0.2, 0.25) is 5.02 Å². The van der Waals surface area contributed by atoms with Crippen LogP contribution in [0.3, 0.4) is 0 Å². The monoisotopic (exact) mass is 336 g/mol. The number of benzene rings is 1. The van der Waals surface area contributed by atoms with Crippen molar-refractivity contribution in [3.05, 3.63) is 28.8 Å². The summed E-state index contributed by atoms with van der Waals surface area (Å²) >= 11 is 5.95. The van der Waals surface area contributed by atoms with Crippen LogP contribution in [0.5, 0.6) is 0 Å². The zero-order valence-electron chi connectivity index (χ0n) is 11.8. The quantitative estimate of drug-likeness (QED) is 0.877. The van der Waals surface area contributed by atoms with Crippen LogP contribution in [0.25, 0.3) is 0 Å². The number of amides is 1. The van der Waals surface area contributed by atoms with Crippen LogP contribution in [0, 0.1) is 0 Å². The third-order valence-electron chi connectivity index (χ3n) is 2.06. The van der Waals surface area contributed by atoms with Gasteiger partial charge in [-0.3, -0.25) is 9.50 Å². The molecule has 0 radical (unpaired) electrons. The lowest BCUT2D eigenvalue weighted by molar-refractivity contribution is 0.0636. The molecule has 0 aliphatic rings. The minimum absolute atomic E-state index is 0.265. The average Bonchev–Trinajstić information content (AvgIpc) is 2.26. The van der Waals surface area contributed by atoms with Crippen LogP contribution in [0.15, 0.2) is 18.2 Å². The third kappa shape index (κ3) is 7.28. The number of carbonyl (C=O) groups is 1. The molecule has 1 aromatic carbocycles. The molecule has 1 amide bonds. The molecule has 21 heavy (non-hydrogen) atoms. The molecule has 1 rings (SSSR count). The number of ether oxygens (including phenoxy) is 1. The predicted molar refractivity (Wildman–Crippen MR) is 79.2 cm³/mol. The normalized spacial score (nSPS) is 12.0. The highest BCUT2D eigenvalue weighted by Crippen LogP contribution is 2.24. The summed E-state index contributed by atoms with van der Waals surface area (Å²) in [6, 6.07) is 4.52. The van der Waals surface area contributed by atoms with Crippen molar-refractivity contribution in [1.82, 2.24) is 0 Å². The minimum atomic E-state index is -4.04. The first-order chi connectivity index (χ1) is 9.46. The largest absolute Gasteiger partial charge is 0.444 e. The van der Waals surface area contributed by atoms with E-state index in [0.29, 0.717) is 5.56 Å². The summed E-state index contributed by atoms with van der Waals surface area (Å²) in [5.74, 6) is 0. The van der Waals surface area contributed by atoms with Crippen LogP contribution in [0.1, 0.15) is 26.3 Å². The molecule has 7 nitrogen and oxygen atoms in total. The van der Waals surface area contributed by atoms with Gasteiger partial charge < -0.3 is 4.74 Å². The summed E-state index contributed by atoms with van der Waals surface area (Å²) < 4.78 is 31.0. The van der Waals surface area contributed by atoms with Gasteiger partial charge in [-0.25, -0.2) is 9.93 Å². The second-order valence-electron chi connectivity index (χ2n) is 5.20. The van der Waals surface area contributed by atoms with Gasteiger partial charge in [0.1, 0.15) is 5.60 Å². The van der Waals surface area contributed by atoms with E-state index < -0.39 is 22.0 Å². The van der Waals surface area contributed by atoms with E-state index in [1.807, 2.05) is 0 Å². The smallest absolute Gasteiger partial charge is 0.412 e. The molecule has 0 aliphatic carbocycles. The molecule has 1 aromatic rings. The highest BCUT2D eigenvalue weighted by atomic mass is 35.5. The molecular formula is C12H17ClN2O5S. The van der Waals surface area contributed by atoms with Crippen LogP contribution in [-0.4, -0.2) is 20.1 Å². The second-order valence-corrected chi connectivity index (χ2v) is 6.82. The topological polar surface area (TPSA) is 108 Å². The van der Waals surface area contributed by atoms with Crippen LogP contribution in [-0.2, 0) is 25.8 Å². The first-order valence-corrected chi connectivity index (χ1v) is 7.77. The SMILES string of the molecule is CC(C)(C)OC(=O)Nc1cc(COS(N)(=O)=O)ccc1Cl. The molecule has 0 aromatic heterocycles. The molecule has 0 saturated carbocycles. The number of hydrogen-bond donors (Lipinski definition) is 2. The molecule has 9 heteroatoms. The number of rotatable bonds is 4. The van der Waals surface area contributed by atoms with E-state index in [2.05, 4.69) is 9.50 Å². The fourth-order valence-corrected chi connectivity index (χ4v) is 1.79. The van der Waals surface area contributed by atoms with Gasteiger partial charge in [0.05, 0.1) is 17.3 Å². The van der Waals surface area contributed by atoms with Gasteiger partial charge in [-0.2, -0.15) is 8.42 Å². The van der Waals surface area contributed by atoms with E-state index >= 15 is 0 Å². The predicted octanol–water partition coefficient (Wildman–Crippen LogP) is 2.41. The van der Waals surface area contributed by atoms with Crippen molar-refractivity contribution < 1.29 is 22.1 Å². The molecule has 0 spiro atoms. The molecular weight excluding hydrogens is 320 g/mol. The minimum Gasteiger partial charge on any atom is -0.444 e. The molecule has 0 bridgehead atoms. The molecule has 0 saturated heterocycles. The zero-order chi connectivity index (χ0) is 16.3. The third-order valence-corrected chi connectivity index (χ3v) is 2.83. The Morgan fingerprint density at radius 3 is 2.52 bits per heavy atom. The number of hydrogen-bond acceptors (Lipinski definition) is 5. The Labute approximate surface area is 128 Å². The molecule has 3 N–H and O–H groups in total. The summed E-state index contributed by atoms with van der Waals surface area (Å²) in [5, 5.41) is 7.49. The van der Waals surface area contributed by atoms with Gasteiger partial charge in [0.25, 0.3) is 0 Å². The summed E-state index contributed by atoms with van der Waals surface area (Å²) in [6.07, 6.45) is -0.672. The molecule has 0 fully saturated rings. The van der Waals surface area contributed by atoms with Crippen LogP contribution >= 0.6 is 11.6 Å². The van der Waals surface area contributed by atoms with Crippen molar-refractivity contribution in [2.45, 2.75) is 33.0 Å². The lowest BCUT2D eigenvalue weighted by atomic mass is 10.2. The average molecular weight is 337 g/mol. The second kappa shape index (κ2) is 6.61. The molecule has 0 heterocycles. The Hall–Kier alpha value is -1.35. The number of anilines is 1. The Balaban J connectivity index is 2.80. The van der Waals surface area contributed by atoms with Gasteiger partial charge >= 0.3 is 16.4 Å². The highest BCUT2D eigenvalue weighted by Gasteiger charge is 2.17. The lowest BCUT2D eigenvalue weighted by Gasteiger charge is -2.20. The van der Waals surface area contributed by atoms with E-state index in [4.69, 9.17) is 21.5 Å². The van der Waals surface area contributed by atoms with Gasteiger partial charge in [-0.15, -0.1) is 0 Å². The fraction of sp³-hybridized carbons (Fsp3) is 0.417. The van der Waals surface area contributed by atoms with E-state index in [1.165, 1.54) is 12.1 Å². The molecule has 118 valence electrons. The molecule has 0 atom stereocenters. The van der Waals surface area contributed by atoms with Gasteiger partial charge in [-0.1, -0.05) is 17.7 Å². The summed E-state index contributed by atoms with van der Waals surface area (Å²) in [7, 11) is -4.04. The first kappa shape index (κ1) is 17.7. The van der Waals surface area contributed by atoms with Gasteiger partial charge in [0.2, 0.25) is 0 Å². The van der Waals surface area contributed by atoms with Gasteiger partial charge in [0.15, 0.2) is 0 Å². The van der Waals surface area contributed by atoms with Crippen molar-refractivity contribution in [1.29, 1.82) is 0 Å². The van der Waals surface area contributed by atoms with E-state index in [-0.39, 0.29) is 17.3 Å². The van der Waals surface area contributed by atoms with Gasteiger partial charge in [0, 0.05) is 0 Å². The Morgan fingerprint density at radius 1 is 1.38 bits per heavy atom. The first-order valence-electron chi connectivity index (χ1n) is 5.92. The molecule has 0 unspecified atom stereocenters. The maximum Gasteiger partial charge on any atom is 0.412 e. The number of nitrogens with two attached hydrogens (primary N) is 1. The Kier molecular flexibility index (Phi) is 5.57. The summed E-state index contributed by atoms with van der Waals surface area (Å²) in [4.78, 5) is 11.7. The maximum absolute atomic E-state index is 11.7. The Morgan fingerprint density at radius 2 is 2.00 bits per heavy atom. The van der Waals surface area contributed by atoms with E-state index in [0.717, 1.165) is 0 Å². The van der Waals surface area contributed by atoms with Crippen LogP contribution < -0.4 is 10.5 Å². The highest BCUT2D eigenvalue weighted by molar-refractivity contribution is 7.84. The lowest BCUT2D eigenvalue weighted by Crippen LogP contribution is -2.27. The number of halogens is 1. The maximum atomic E-state index is 11.7. The van der Waals surface area contributed by atoms with E-state index in [1.54, 1.807) is 26.8 Å². The number of carbonyl (C=O) groups excluding carboxylic acids is 1. The summed E-state index contributed by atoms with van der Waals surface area (Å²) in [6.45, 7) is 4.92.